The highest BCUT2D eigenvalue weighted by atomic mass is 16.4. The van der Waals surface area contributed by atoms with Crippen molar-refractivity contribution in [1.29, 1.82) is 0 Å². The normalized spacial score (nSPS) is 20.9. The highest BCUT2D eigenvalue weighted by molar-refractivity contribution is 5.70. The van der Waals surface area contributed by atoms with E-state index in [2.05, 4.69) is 22.4 Å². The molecule has 0 saturated heterocycles. The summed E-state index contributed by atoms with van der Waals surface area (Å²) in [4.78, 5) is 11.0. The smallest absolute Gasteiger partial charge is 0.308 e. The summed E-state index contributed by atoms with van der Waals surface area (Å²) < 4.78 is 1.67. The maximum Gasteiger partial charge on any atom is 0.308 e. The third-order valence-electron chi connectivity index (χ3n) is 3.75. The van der Waals surface area contributed by atoms with Gasteiger partial charge >= 0.3 is 5.97 Å². The molecular weight excluding hydrogens is 220 g/mol. The van der Waals surface area contributed by atoms with Gasteiger partial charge in [-0.05, 0) is 43.0 Å². The van der Waals surface area contributed by atoms with Crippen LogP contribution in [0.5, 0.6) is 0 Å². The van der Waals surface area contributed by atoms with Gasteiger partial charge < -0.3 is 5.11 Å². The zero-order valence-corrected chi connectivity index (χ0v) is 10.4. The quantitative estimate of drug-likeness (QED) is 0.840. The first-order chi connectivity index (χ1) is 8.02. The highest BCUT2D eigenvalue weighted by Crippen LogP contribution is 2.41. The Morgan fingerprint density at radius 3 is 2.59 bits per heavy atom. The maximum absolute atomic E-state index is 11.0. The lowest BCUT2D eigenvalue weighted by Crippen LogP contribution is -2.25. The Labute approximate surface area is 100 Å². The molecule has 0 radical (unpaired) electrons. The number of hydrogen-bond acceptors (Lipinski definition) is 4. The number of aromatic nitrogens is 4. The van der Waals surface area contributed by atoms with Crippen LogP contribution in [0.4, 0.5) is 0 Å². The number of tetrazole rings is 1. The van der Waals surface area contributed by atoms with E-state index in [1.54, 1.807) is 11.6 Å². The van der Waals surface area contributed by atoms with Gasteiger partial charge in [-0.25, -0.2) is 4.68 Å². The van der Waals surface area contributed by atoms with Crippen LogP contribution in [0.3, 0.4) is 0 Å². The number of nitrogens with zero attached hydrogens (tertiary/aromatic N) is 4. The van der Waals surface area contributed by atoms with Crippen LogP contribution in [0, 0.1) is 11.8 Å². The molecule has 0 bridgehead atoms. The molecule has 0 amide bonds. The number of hydrogen-bond donors (Lipinski definition) is 1. The average molecular weight is 238 g/mol. The first-order valence-electron chi connectivity index (χ1n) is 6.03. The van der Waals surface area contributed by atoms with Crippen molar-refractivity contribution in [2.75, 3.05) is 0 Å². The molecule has 1 N–H and O–H groups in total. The third kappa shape index (κ3) is 2.30. The molecule has 1 fully saturated rings. The number of carboxylic acids is 1. The molecule has 1 aliphatic carbocycles. The Morgan fingerprint density at radius 2 is 2.06 bits per heavy atom. The summed E-state index contributed by atoms with van der Waals surface area (Å²) in [5, 5.41) is 20.7. The standard InChI is InChI=1S/C11H18N4O2/c1-6(11(16)17)8(3)15-10(12-13-14-15)7(2)9-4-5-9/h6-9H,4-5H2,1-3H3,(H,16,17). The van der Waals surface area contributed by atoms with Crippen molar-refractivity contribution < 1.29 is 9.90 Å². The Bertz CT molecular complexity index is 413. The van der Waals surface area contributed by atoms with Gasteiger partial charge in [0.25, 0.3) is 0 Å². The first kappa shape index (κ1) is 12.0. The zero-order valence-electron chi connectivity index (χ0n) is 10.4. The van der Waals surface area contributed by atoms with Gasteiger partial charge in [-0.2, -0.15) is 0 Å². The summed E-state index contributed by atoms with van der Waals surface area (Å²) in [7, 11) is 0. The molecule has 0 aromatic carbocycles. The van der Waals surface area contributed by atoms with Crippen LogP contribution in [0.2, 0.25) is 0 Å². The van der Waals surface area contributed by atoms with Gasteiger partial charge in [-0.1, -0.05) is 6.92 Å². The Morgan fingerprint density at radius 1 is 1.41 bits per heavy atom. The average Bonchev–Trinajstić information content (AvgIpc) is 3.03. The van der Waals surface area contributed by atoms with Crippen molar-refractivity contribution in [3.05, 3.63) is 5.82 Å². The van der Waals surface area contributed by atoms with Crippen molar-refractivity contribution in [2.45, 2.75) is 45.6 Å². The molecule has 6 heteroatoms. The summed E-state index contributed by atoms with van der Waals surface area (Å²) in [5.41, 5.74) is 0. The minimum absolute atomic E-state index is 0.223. The zero-order chi connectivity index (χ0) is 12.6. The van der Waals surface area contributed by atoms with Gasteiger partial charge in [0.2, 0.25) is 0 Å². The minimum atomic E-state index is -0.821. The molecule has 3 unspecified atom stereocenters. The molecule has 1 aromatic heterocycles. The van der Waals surface area contributed by atoms with Gasteiger partial charge in [0.05, 0.1) is 12.0 Å². The summed E-state index contributed by atoms with van der Waals surface area (Å²) in [6.07, 6.45) is 2.44. The van der Waals surface area contributed by atoms with Gasteiger partial charge in [0.15, 0.2) is 5.82 Å². The fraction of sp³-hybridized carbons (Fsp3) is 0.818. The van der Waals surface area contributed by atoms with Gasteiger partial charge in [-0.3, -0.25) is 4.79 Å². The summed E-state index contributed by atoms with van der Waals surface area (Å²) in [5.74, 6) is 0.468. The highest BCUT2D eigenvalue weighted by Gasteiger charge is 2.34. The Hall–Kier alpha value is -1.46. The van der Waals surface area contributed by atoms with Gasteiger partial charge in [-0.15, -0.1) is 5.10 Å². The summed E-state index contributed by atoms with van der Waals surface area (Å²) >= 11 is 0. The molecule has 0 aliphatic heterocycles. The van der Waals surface area contributed by atoms with Crippen LogP contribution in [0.25, 0.3) is 0 Å². The SMILES string of the molecule is CC(C(=O)O)C(C)n1nnnc1C(C)C1CC1. The molecule has 2 rings (SSSR count). The second kappa shape index (κ2) is 4.43. The lowest BCUT2D eigenvalue weighted by atomic mass is 10.0. The first-order valence-corrected chi connectivity index (χ1v) is 6.03. The molecule has 0 spiro atoms. The second-order valence-corrected chi connectivity index (χ2v) is 4.98. The molecule has 3 atom stereocenters. The molecule has 1 aliphatic rings. The lowest BCUT2D eigenvalue weighted by Gasteiger charge is -2.19. The number of carboxylic acid groups (broad SMARTS) is 1. The summed E-state index contributed by atoms with van der Waals surface area (Å²) in [6, 6.07) is -0.223. The van der Waals surface area contributed by atoms with E-state index in [1.165, 1.54) is 12.8 Å². The molecule has 1 aromatic rings. The third-order valence-corrected chi connectivity index (χ3v) is 3.75. The van der Waals surface area contributed by atoms with E-state index in [4.69, 9.17) is 5.11 Å². The Kier molecular flexibility index (Phi) is 3.13. The van der Waals surface area contributed by atoms with Crippen molar-refractivity contribution in [3.63, 3.8) is 0 Å². The monoisotopic (exact) mass is 238 g/mol. The van der Waals surface area contributed by atoms with E-state index < -0.39 is 11.9 Å². The second-order valence-electron chi connectivity index (χ2n) is 4.98. The van der Waals surface area contributed by atoms with Crippen LogP contribution in [0.15, 0.2) is 0 Å². The molecular formula is C11H18N4O2. The maximum atomic E-state index is 11.0. The molecule has 17 heavy (non-hydrogen) atoms. The van der Waals surface area contributed by atoms with Crippen LogP contribution < -0.4 is 0 Å². The van der Waals surface area contributed by atoms with E-state index in [0.717, 1.165) is 5.82 Å². The van der Waals surface area contributed by atoms with Crippen molar-refractivity contribution >= 4 is 5.97 Å². The van der Waals surface area contributed by atoms with E-state index in [0.29, 0.717) is 11.8 Å². The molecule has 6 nitrogen and oxygen atoms in total. The van der Waals surface area contributed by atoms with Crippen LogP contribution in [-0.2, 0) is 4.79 Å². The predicted octanol–water partition coefficient (Wildman–Crippen LogP) is 1.47. The fourth-order valence-corrected chi connectivity index (χ4v) is 2.02. The van der Waals surface area contributed by atoms with Gasteiger partial charge in [0.1, 0.15) is 0 Å². The minimum Gasteiger partial charge on any atom is -0.481 e. The van der Waals surface area contributed by atoms with Crippen molar-refractivity contribution in [2.24, 2.45) is 11.8 Å². The van der Waals surface area contributed by atoms with Crippen molar-refractivity contribution in [1.82, 2.24) is 20.2 Å². The number of rotatable bonds is 5. The van der Waals surface area contributed by atoms with Crippen LogP contribution in [0.1, 0.15) is 51.4 Å². The van der Waals surface area contributed by atoms with E-state index in [9.17, 15) is 4.79 Å². The predicted molar refractivity (Wildman–Crippen MR) is 60.5 cm³/mol. The molecule has 94 valence electrons. The topological polar surface area (TPSA) is 80.9 Å². The van der Waals surface area contributed by atoms with E-state index in [1.807, 2.05) is 6.92 Å². The van der Waals surface area contributed by atoms with Crippen LogP contribution >= 0.6 is 0 Å². The van der Waals surface area contributed by atoms with Crippen LogP contribution in [-0.4, -0.2) is 31.3 Å². The molecule has 1 heterocycles. The fourth-order valence-electron chi connectivity index (χ4n) is 2.02. The van der Waals surface area contributed by atoms with Crippen molar-refractivity contribution in [3.8, 4) is 0 Å². The van der Waals surface area contributed by atoms with E-state index in [-0.39, 0.29) is 6.04 Å². The summed E-state index contributed by atoms with van der Waals surface area (Å²) in [6.45, 7) is 5.64. The Balaban J connectivity index is 2.20. The largest absolute Gasteiger partial charge is 0.481 e. The number of carbonyl (C=O) groups is 1. The molecule has 1 saturated carbocycles. The number of aliphatic carboxylic acids is 1. The van der Waals surface area contributed by atoms with E-state index >= 15 is 0 Å². The van der Waals surface area contributed by atoms with Gasteiger partial charge in [0, 0.05) is 5.92 Å². The lowest BCUT2D eigenvalue weighted by molar-refractivity contribution is -0.142.